The fourth-order valence-corrected chi connectivity index (χ4v) is 4.02. The number of anilines is 1. The smallest absolute Gasteiger partial charge is 0.354 e. The first-order chi connectivity index (χ1) is 15.2. The second-order valence-electron chi connectivity index (χ2n) is 7.69. The highest BCUT2D eigenvalue weighted by Gasteiger charge is 2.33. The summed E-state index contributed by atoms with van der Waals surface area (Å²) in [6.07, 6.45) is 1.58. The van der Waals surface area contributed by atoms with E-state index >= 15 is 0 Å². The van der Waals surface area contributed by atoms with E-state index in [0.717, 1.165) is 23.9 Å². The minimum atomic E-state index is -0.404. The number of carbonyl (C=O) groups excluding carboxylic acids is 2. The number of hydrogen-bond acceptors (Lipinski definition) is 5. The summed E-state index contributed by atoms with van der Waals surface area (Å²) in [5, 5.41) is 7.17. The van der Waals surface area contributed by atoms with Crippen LogP contribution in [0.1, 0.15) is 34.8 Å². The quantitative estimate of drug-likeness (QED) is 0.383. The minimum Gasteiger partial charge on any atom is -0.461 e. The summed E-state index contributed by atoms with van der Waals surface area (Å²) in [6.45, 7) is 1.66. The number of aromatic amines is 1. The number of aromatic nitrogens is 1. The fraction of sp³-hybridized carbons (Fsp3) is 0.333. The topological polar surface area (TPSA) is 92.4 Å². The van der Waals surface area contributed by atoms with Crippen molar-refractivity contribution in [1.82, 2.24) is 10.3 Å². The van der Waals surface area contributed by atoms with Gasteiger partial charge in [0.25, 0.3) is 0 Å². The van der Waals surface area contributed by atoms with Gasteiger partial charge in [-0.1, -0.05) is 30.3 Å². The number of nitrogens with one attached hydrogen (secondary N) is 3. The Balaban J connectivity index is 1.42. The Morgan fingerprint density at radius 3 is 2.74 bits per heavy atom. The molecule has 0 aliphatic carbocycles. The summed E-state index contributed by atoms with van der Waals surface area (Å²) >= 11 is 0. The van der Waals surface area contributed by atoms with Crippen LogP contribution in [0.3, 0.4) is 0 Å². The highest BCUT2D eigenvalue weighted by atomic mass is 16.5. The summed E-state index contributed by atoms with van der Waals surface area (Å²) in [5.74, 6) is -0.311. The normalized spacial score (nSPS) is 18.2. The molecule has 2 atom stereocenters. The molecule has 0 unspecified atom stereocenters. The molecule has 1 aliphatic rings. The number of esters is 1. The number of rotatable bonds is 8. The first-order valence-electron chi connectivity index (χ1n) is 10.5. The van der Waals surface area contributed by atoms with Crippen LogP contribution in [-0.4, -0.2) is 49.8 Å². The van der Waals surface area contributed by atoms with Crippen molar-refractivity contribution >= 4 is 28.5 Å². The van der Waals surface area contributed by atoms with Gasteiger partial charge in [0.05, 0.1) is 12.6 Å². The van der Waals surface area contributed by atoms with Crippen LogP contribution in [0.5, 0.6) is 0 Å². The lowest BCUT2D eigenvalue weighted by molar-refractivity contribution is -0.118. The van der Waals surface area contributed by atoms with Gasteiger partial charge in [-0.25, -0.2) is 4.79 Å². The minimum absolute atomic E-state index is 0.0565. The van der Waals surface area contributed by atoms with Crippen LogP contribution in [-0.2, 0) is 14.3 Å². The second-order valence-corrected chi connectivity index (χ2v) is 7.69. The molecule has 3 N–H and O–H groups in total. The lowest BCUT2D eigenvalue weighted by atomic mass is 9.91. The zero-order valence-electron chi connectivity index (χ0n) is 17.5. The van der Waals surface area contributed by atoms with Crippen molar-refractivity contribution in [2.75, 3.05) is 32.2 Å². The van der Waals surface area contributed by atoms with Crippen molar-refractivity contribution in [2.45, 2.75) is 24.8 Å². The average molecular weight is 421 g/mol. The van der Waals surface area contributed by atoms with E-state index in [0.29, 0.717) is 31.0 Å². The van der Waals surface area contributed by atoms with Crippen LogP contribution in [0.4, 0.5) is 5.69 Å². The molecule has 1 fully saturated rings. The molecule has 1 aliphatic heterocycles. The molecule has 31 heavy (non-hydrogen) atoms. The molecule has 4 rings (SSSR count). The molecule has 1 amide bonds. The van der Waals surface area contributed by atoms with E-state index in [9.17, 15) is 9.59 Å². The molecule has 0 saturated carbocycles. The molecule has 2 aromatic carbocycles. The van der Waals surface area contributed by atoms with Crippen LogP contribution in [0, 0.1) is 0 Å². The van der Waals surface area contributed by atoms with Crippen molar-refractivity contribution in [3.8, 4) is 0 Å². The van der Waals surface area contributed by atoms with Crippen molar-refractivity contribution in [2.24, 2.45) is 0 Å². The number of benzene rings is 2. The van der Waals surface area contributed by atoms with E-state index in [2.05, 4.69) is 27.8 Å². The van der Waals surface area contributed by atoms with Gasteiger partial charge in [0.15, 0.2) is 0 Å². The standard InChI is InChI=1S/C24H27N3O4/c1-30-12-5-13-31-24(29)21-15-17-14-18(8-9-20(17)27-21)26-23(28)22-19(10-11-25-22)16-6-3-2-4-7-16/h2-4,6-9,14-15,19,22,25,27H,5,10-13H2,1H3,(H,26,28)/t19-,22+/m1/s1. The SMILES string of the molecule is COCCCOC(=O)c1cc2cc(NC(=O)[C@H]3NCC[C@@H]3c3ccccc3)ccc2[nH]1. The van der Waals surface area contributed by atoms with Gasteiger partial charge in [0, 0.05) is 42.6 Å². The number of ether oxygens (including phenoxy) is 2. The van der Waals surface area contributed by atoms with Gasteiger partial charge in [0.2, 0.25) is 5.91 Å². The van der Waals surface area contributed by atoms with E-state index in [-0.39, 0.29) is 17.9 Å². The fourth-order valence-electron chi connectivity index (χ4n) is 4.02. The maximum atomic E-state index is 13.0. The number of hydrogen-bond donors (Lipinski definition) is 3. The van der Waals surface area contributed by atoms with E-state index in [1.807, 2.05) is 36.4 Å². The van der Waals surface area contributed by atoms with E-state index in [4.69, 9.17) is 9.47 Å². The van der Waals surface area contributed by atoms with Gasteiger partial charge in [0.1, 0.15) is 5.69 Å². The highest BCUT2D eigenvalue weighted by Crippen LogP contribution is 2.29. The molecular weight excluding hydrogens is 394 g/mol. The van der Waals surface area contributed by atoms with Gasteiger partial charge in [-0.15, -0.1) is 0 Å². The van der Waals surface area contributed by atoms with E-state index in [1.165, 1.54) is 5.56 Å². The molecule has 0 radical (unpaired) electrons. The molecule has 7 nitrogen and oxygen atoms in total. The van der Waals surface area contributed by atoms with Crippen molar-refractivity contribution in [3.63, 3.8) is 0 Å². The molecule has 1 saturated heterocycles. The maximum absolute atomic E-state index is 13.0. The van der Waals surface area contributed by atoms with Crippen molar-refractivity contribution in [1.29, 1.82) is 0 Å². The lowest BCUT2D eigenvalue weighted by Crippen LogP contribution is -2.39. The molecule has 7 heteroatoms. The molecule has 0 spiro atoms. The zero-order valence-corrected chi connectivity index (χ0v) is 17.5. The first-order valence-corrected chi connectivity index (χ1v) is 10.5. The molecule has 162 valence electrons. The van der Waals surface area contributed by atoms with Gasteiger partial charge in [-0.3, -0.25) is 4.79 Å². The third-order valence-electron chi connectivity index (χ3n) is 5.57. The van der Waals surface area contributed by atoms with Gasteiger partial charge in [-0.05, 0) is 42.8 Å². The van der Waals surface area contributed by atoms with Crippen LogP contribution in [0.2, 0.25) is 0 Å². The molecular formula is C24H27N3O4. The van der Waals surface area contributed by atoms with Gasteiger partial charge >= 0.3 is 5.97 Å². The van der Waals surface area contributed by atoms with Crippen LogP contribution >= 0.6 is 0 Å². The first kappa shape index (κ1) is 21.1. The number of carbonyl (C=O) groups is 2. The summed E-state index contributed by atoms with van der Waals surface area (Å²) in [4.78, 5) is 28.2. The Kier molecular flexibility index (Phi) is 6.64. The second kappa shape index (κ2) is 9.76. The molecule has 3 aromatic rings. The molecule has 2 heterocycles. The number of fused-ring (bicyclic) bond motifs is 1. The maximum Gasteiger partial charge on any atom is 0.354 e. The Bertz CT molecular complexity index is 1050. The van der Waals surface area contributed by atoms with Crippen LogP contribution < -0.4 is 10.6 Å². The Hall–Kier alpha value is -3.16. The molecule has 1 aromatic heterocycles. The average Bonchev–Trinajstić information content (AvgIpc) is 3.44. The van der Waals surface area contributed by atoms with Crippen LogP contribution in [0.15, 0.2) is 54.6 Å². The monoisotopic (exact) mass is 421 g/mol. The highest BCUT2D eigenvalue weighted by molar-refractivity contribution is 5.99. The molecule has 0 bridgehead atoms. The number of amides is 1. The Morgan fingerprint density at radius 2 is 1.94 bits per heavy atom. The third kappa shape index (κ3) is 4.95. The largest absolute Gasteiger partial charge is 0.461 e. The Labute approximate surface area is 181 Å². The van der Waals surface area contributed by atoms with E-state index in [1.54, 1.807) is 13.2 Å². The third-order valence-corrected chi connectivity index (χ3v) is 5.57. The zero-order chi connectivity index (χ0) is 21.6. The van der Waals surface area contributed by atoms with Crippen molar-refractivity contribution < 1.29 is 19.1 Å². The lowest BCUT2D eigenvalue weighted by Gasteiger charge is -2.19. The predicted molar refractivity (Wildman–Crippen MR) is 119 cm³/mol. The summed E-state index contributed by atoms with van der Waals surface area (Å²) < 4.78 is 10.2. The number of H-pyrrole nitrogens is 1. The van der Waals surface area contributed by atoms with Gasteiger partial charge < -0.3 is 25.1 Å². The van der Waals surface area contributed by atoms with Crippen molar-refractivity contribution in [3.05, 3.63) is 65.9 Å². The van der Waals surface area contributed by atoms with Crippen LogP contribution in [0.25, 0.3) is 10.9 Å². The van der Waals surface area contributed by atoms with Gasteiger partial charge in [-0.2, -0.15) is 0 Å². The predicted octanol–water partition coefficient (Wildman–Crippen LogP) is 3.45. The Morgan fingerprint density at radius 1 is 1.10 bits per heavy atom. The summed E-state index contributed by atoms with van der Waals surface area (Å²) in [5.41, 5.74) is 3.06. The van der Waals surface area contributed by atoms with E-state index < -0.39 is 5.97 Å². The summed E-state index contributed by atoms with van der Waals surface area (Å²) in [6, 6.07) is 17.1. The number of methoxy groups -OCH3 is 1. The summed E-state index contributed by atoms with van der Waals surface area (Å²) in [7, 11) is 1.61.